The van der Waals surface area contributed by atoms with Gasteiger partial charge in [-0.25, -0.2) is 0 Å². The van der Waals surface area contributed by atoms with Crippen LogP contribution in [0.15, 0.2) is 10.7 Å². The monoisotopic (exact) mass is 238 g/mol. The van der Waals surface area contributed by atoms with Crippen molar-refractivity contribution < 1.29 is 19.1 Å². The van der Waals surface area contributed by atoms with Gasteiger partial charge in [0.25, 0.3) is 0 Å². The maximum atomic E-state index is 11.8. The van der Waals surface area contributed by atoms with Crippen molar-refractivity contribution in [3.8, 4) is 0 Å². The van der Waals surface area contributed by atoms with Crippen LogP contribution in [0.5, 0.6) is 0 Å². The van der Waals surface area contributed by atoms with Gasteiger partial charge in [-0.15, -0.1) is 0 Å². The molecule has 1 aliphatic rings. The quantitative estimate of drug-likeness (QED) is 0.830. The third kappa shape index (κ3) is 2.64. The van der Waals surface area contributed by atoms with Gasteiger partial charge in [0.05, 0.1) is 11.6 Å². The number of hydrogen-bond acceptors (Lipinski definition) is 4. The highest BCUT2D eigenvalue weighted by molar-refractivity contribution is 5.91. The summed E-state index contributed by atoms with van der Waals surface area (Å²) >= 11 is 0. The molecular formula is C11H14N2O4. The number of amides is 1. The molecule has 0 bridgehead atoms. The minimum Gasteiger partial charge on any atom is -0.481 e. The van der Waals surface area contributed by atoms with Crippen molar-refractivity contribution in [2.45, 2.75) is 26.2 Å². The summed E-state index contributed by atoms with van der Waals surface area (Å²) in [4.78, 5) is 26.5. The first-order chi connectivity index (χ1) is 8.06. The average Bonchev–Trinajstić information content (AvgIpc) is 2.86. The van der Waals surface area contributed by atoms with Gasteiger partial charge < -0.3 is 9.52 Å². The molecule has 0 saturated heterocycles. The number of nitrogens with one attached hydrogen (secondary N) is 1. The molecule has 1 aliphatic carbocycles. The number of aromatic nitrogens is 1. The lowest BCUT2D eigenvalue weighted by atomic mass is 10.0. The van der Waals surface area contributed by atoms with Gasteiger partial charge in [-0.05, 0) is 26.2 Å². The molecule has 0 aliphatic heterocycles. The predicted molar refractivity (Wildman–Crippen MR) is 58.3 cm³/mol. The number of carboxylic acids is 1. The molecule has 2 rings (SSSR count). The van der Waals surface area contributed by atoms with Crippen molar-refractivity contribution in [1.82, 2.24) is 4.98 Å². The lowest BCUT2D eigenvalue weighted by Gasteiger charge is -2.07. The highest BCUT2D eigenvalue weighted by Crippen LogP contribution is 2.31. The lowest BCUT2D eigenvalue weighted by Crippen LogP contribution is -2.21. The molecule has 2 N–H and O–H groups in total. The van der Waals surface area contributed by atoms with Crippen LogP contribution in [0, 0.1) is 18.8 Å². The molecule has 1 saturated carbocycles. The van der Waals surface area contributed by atoms with E-state index in [-0.39, 0.29) is 17.8 Å². The Balaban J connectivity index is 1.91. The van der Waals surface area contributed by atoms with Crippen molar-refractivity contribution in [3.63, 3.8) is 0 Å². The molecule has 1 fully saturated rings. The SMILES string of the molecule is Cc1coc(NC(=O)[C@@H]2CC[C@H](C(=O)O)C2)n1. The van der Waals surface area contributed by atoms with E-state index >= 15 is 0 Å². The third-order valence-electron chi connectivity index (χ3n) is 3.00. The predicted octanol–water partition coefficient (Wildman–Crippen LogP) is 1.42. The van der Waals surface area contributed by atoms with Gasteiger partial charge in [0.15, 0.2) is 0 Å². The van der Waals surface area contributed by atoms with E-state index in [2.05, 4.69) is 10.3 Å². The van der Waals surface area contributed by atoms with Gasteiger partial charge in [-0.1, -0.05) is 0 Å². The van der Waals surface area contributed by atoms with Crippen molar-refractivity contribution in [3.05, 3.63) is 12.0 Å². The molecule has 6 heteroatoms. The van der Waals surface area contributed by atoms with E-state index in [9.17, 15) is 9.59 Å². The van der Waals surface area contributed by atoms with Crippen LogP contribution < -0.4 is 5.32 Å². The topological polar surface area (TPSA) is 92.4 Å². The largest absolute Gasteiger partial charge is 0.481 e. The molecule has 1 aromatic heterocycles. The average molecular weight is 238 g/mol. The molecule has 6 nitrogen and oxygen atoms in total. The van der Waals surface area contributed by atoms with E-state index in [4.69, 9.17) is 9.52 Å². The van der Waals surface area contributed by atoms with Gasteiger partial charge in [-0.3, -0.25) is 14.9 Å². The van der Waals surface area contributed by atoms with Crippen LogP contribution in [0.25, 0.3) is 0 Å². The first-order valence-electron chi connectivity index (χ1n) is 5.52. The molecule has 92 valence electrons. The summed E-state index contributed by atoms with van der Waals surface area (Å²) in [6.45, 7) is 1.76. The first-order valence-corrected chi connectivity index (χ1v) is 5.52. The smallest absolute Gasteiger partial charge is 0.306 e. The Bertz CT molecular complexity index is 440. The molecular weight excluding hydrogens is 224 g/mol. The Morgan fingerprint density at radius 2 is 2.18 bits per heavy atom. The number of anilines is 1. The summed E-state index contributed by atoms with van der Waals surface area (Å²) in [5, 5.41) is 11.4. The Kier molecular flexibility index (Phi) is 3.12. The van der Waals surface area contributed by atoms with Crippen molar-refractivity contribution in [2.24, 2.45) is 11.8 Å². The molecule has 1 heterocycles. The van der Waals surface area contributed by atoms with Crippen LogP contribution in [0.1, 0.15) is 25.0 Å². The molecule has 0 unspecified atom stereocenters. The molecule has 0 radical (unpaired) electrons. The van der Waals surface area contributed by atoms with Gasteiger partial charge >= 0.3 is 12.0 Å². The summed E-state index contributed by atoms with van der Waals surface area (Å²) in [5.74, 6) is -1.71. The Hall–Kier alpha value is -1.85. The van der Waals surface area contributed by atoms with Crippen LogP contribution in [-0.2, 0) is 9.59 Å². The van der Waals surface area contributed by atoms with Crippen molar-refractivity contribution in [2.75, 3.05) is 5.32 Å². The molecule has 1 amide bonds. The van der Waals surface area contributed by atoms with Gasteiger partial charge in [-0.2, -0.15) is 4.98 Å². The normalized spacial score (nSPS) is 23.6. The van der Waals surface area contributed by atoms with E-state index < -0.39 is 11.9 Å². The zero-order valence-electron chi connectivity index (χ0n) is 9.47. The number of rotatable bonds is 3. The number of nitrogens with zero attached hydrogens (tertiary/aromatic N) is 1. The number of aryl methyl sites for hydroxylation is 1. The zero-order valence-corrected chi connectivity index (χ0v) is 9.47. The minimum atomic E-state index is -0.827. The summed E-state index contributed by atoms with van der Waals surface area (Å²) in [6, 6.07) is 0.172. The standard InChI is InChI=1S/C11H14N2O4/c1-6-5-17-11(12-6)13-9(14)7-2-3-8(4-7)10(15)16/h5,7-8H,2-4H2,1H3,(H,15,16)(H,12,13,14)/t7-,8+/m1/s1. The number of carbonyl (C=O) groups is 2. The molecule has 17 heavy (non-hydrogen) atoms. The fraction of sp³-hybridized carbons (Fsp3) is 0.545. The first kappa shape index (κ1) is 11.6. The van der Waals surface area contributed by atoms with E-state index in [0.717, 1.165) is 0 Å². The minimum absolute atomic E-state index is 0.172. The summed E-state index contributed by atoms with van der Waals surface area (Å²) in [6.07, 6.45) is 2.99. The number of carboxylic acid groups (broad SMARTS) is 1. The zero-order chi connectivity index (χ0) is 12.4. The lowest BCUT2D eigenvalue weighted by molar-refractivity contribution is -0.141. The second-order valence-electron chi connectivity index (χ2n) is 4.33. The third-order valence-corrected chi connectivity index (χ3v) is 3.00. The fourth-order valence-electron chi connectivity index (χ4n) is 2.06. The summed E-state index contributed by atoms with van der Waals surface area (Å²) < 4.78 is 5.01. The number of carbonyl (C=O) groups excluding carboxylic acids is 1. The Labute approximate surface area is 98.0 Å². The highest BCUT2D eigenvalue weighted by Gasteiger charge is 2.34. The van der Waals surface area contributed by atoms with E-state index in [1.54, 1.807) is 6.92 Å². The van der Waals surface area contributed by atoms with Gasteiger partial charge in [0, 0.05) is 5.92 Å². The van der Waals surface area contributed by atoms with E-state index in [1.165, 1.54) is 6.26 Å². The Morgan fingerprint density at radius 1 is 1.47 bits per heavy atom. The van der Waals surface area contributed by atoms with Gasteiger partial charge in [0.1, 0.15) is 6.26 Å². The Morgan fingerprint density at radius 3 is 2.71 bits per heavy atom. The molecule has 1 aromatic rings. The van der Waals surface area contributed by atoms with Gasteiger partial charge in [0.2, 0.25) is 5.91 Å². The highest BCUT2D eigenvalue weighted by atomic mass is 16.4. The van der Waals surface area contributed by atoms with Crippen LogP contribution in [0.2, 0.25) is 0 Å². The molecule has 2 atom stereocenters. The van der Waals surface area contributed by atoms with E-state index in [0.29, 0.717) is 25.0 Å². The summed E-state index contributed by atoms with van der Waals surface area (Å²) in [7, 11) is 0. The number of oxazole rings is 1. The van der Waals surface area contributed by atoms with Crippen LogP contribution >= 0.6 is 0 Å². The van der Waals surface area contributed by atoms with Crippen molar-refractivity contribution in [1.29, 1.82) is 0 Å². The fourth-order valence-corrected chi connectivity index (χ4v) is 2.06. The number of hydrogen-bond donors (Lipinski definition) is 2. The number of aliphatic carboxylic acids is 1. The van der Waals surface area contributed by atoms with Crippen LogP contribution in [0.4, 0.5) is 6.01 Å². The van der Waals surface area contributed by atoms with E-state index in [1.807, 2.05) is 0 Å². The second kappa shape index (κ2) is 4.57. The summed E-state index contributed by atoms with van der Waals surface area (Å²) in [5.41, 5.74) is 0.690. The molecule has 0 aromatic carbocycles. The second-order valence-corrected chi connectivity index (χ2v) is 4.33. The van der Waals surface area contributed by atoms with Crippen LogP contribution in [0.3, 0.4) is 0 Å². The maximum absolute atomic E-state index is 11.8. The van der Waals surface area contributed by atoms with Crippen LogP contribution in [-0.4, -0.2) is 22.0 Å². The maximum Gasteiger partial charge on any atom is 0.306 e. The van der Waals surface area contributed by atoms with Crippen molar-refractivity contribution >= 4 is 17.9 Å². The molecule has 0 spiro atoms.